The van der Waals surface area contributed by atoms with Crippen LogP contribution in [0.2, 0.25) is 0 Å². The molecule has 0 rings (SSSR count). The van der Waals surface area contributed by atoms with E-state index < -0.39 is 39.3 Å². The van der Waals surface area contributed by atoms with Crippen molar-refractivity contribution in [3.05, 3.63) is 12.2 Å². The summed E-state index contributed by atoms with van der Waals surface area (Å²) in [7, 11) is -4.80. The van der Waals surface area contributed by atoms with Crippen molar-refractivity contribution in [1.82, 2.24) is 0 Å². The molecular weight excluding hydrogens is 429 g/mol. The minimum absolute atomic E-state index is 0.0911. The minimum Gasteiger partial charge on any atom is -0.460 e. The van der Waals surface area contributed by atoms with E-state index >= 15 is 0 Å². The van der Waals surface area contributed by atoms with Gasteiger partial charge in [0.15, 0.2) is 0 Å². The molecule has 0 aromatic rings. The molecule has 0 aromatic heterocycles. The molecule has 0 aromatic carbocycles. The summed E-state index contributed by atoms with van der Waals surface area (Å²) in [6.07, 6.45) is 14.3. The molecule has 6 nitrogen and oxygen atoms in total. The van der Waals surface area contributed by atoms with Crippen LogP contribution in [0.3, 0.4) is 0 Å². The standard InChI is InChI=1S/C22H41F2O6P/c1-2-3-4-5-6-7-8-9-10-11-12-13-14-15-16-17-22(25)30-20(18-21(23)24)19-29-31(26,27)28/h9-10,20-21H,2-8,11-19H2,1H3,(H2,26,27,28)/b10-9-/t20-/m1/s1. The molecule has 2 N–H and O–H groups in total. The van der Waals surface area contributed by atoms with Gasteiger partial charge in [-0.1, -0.05) is 70.4 Å². The van der Waals surface area contributed by atoms with Gasteiger partial charge in [0.1, 0.15) is 6.10 Å². The molecule has 184 valence electrons. The van der Waals surface area contributed by atoms with Crippen molar-refractivity contribution in [2.24, 2.45) is 0 Å². The van der Waals surface area contributed by atoms with Gasteiger partial charge in [0.2, 0.25) is 6.43 Å². The third-order valence-corrected chi connectivity index (χ3v) is 5.30. The van der Waals surface area contributed by atoms with E-state index in [1.165, 1.54) is 38.5 Å². The Morgan fingerprint density at radius 2 is 1.42 bits per heavy atom. The zero-order valence-electron chi connectivity index (χ0n) is 18.9. The normalized spacial score (nSPS) is 13.2. The van der Waals surface area contributed by atoms with Crippen molar-refractivity contribution >= 4 is 13.8 Å². The Hall–Kier alpha value is -0.820. The third kappa shape index (κ3) is 23.7. The predicted octanol–water partition coefficient (Wildman–Crippen LogP) is 6.70. The number of rotatable bonds is 21. The average Bonchev–Trinajstić information content (AvgIpc) is 2.68. The maximum absolute atomic E-state index is 12.5. The van der Waals surface area contributed by atoms with Crippen LogP contribution >= 0.6 is 7.82 Å². The summed E-state index contributed by atoms with van der Waals surface area (Å²) in [4.78, 5) is 29.1. The topological polar surface area (TPSA) is 93.1 Å². The summed E-state index contributed by atoms with van der Waals surface area (Å²) in [6, 6.07) is 0. The van der Waals surface area contributed by atoms with Crippen molar-refractivity contribution in [3.63, 3.8) is 0 Å². The van der Waals surface area contributed by atoms with E-state index in [1.807, 2.05) is 0 Å². The Bertz CT molecular complexity index is 510. The first-order valence-corrected chi connectivity index (χ1v) is 13.1. The lowest BCUT2D eigenvalue weighted by molar-refractivity contribution is -0.153. The summed E-state index contributed by atoms with van der Waals surface area (Å²) in [6.45, 7) is 1.47. The van der Waals surface area contributed by atoms with Crippen molar-refractivity contribution in [2.45, 2.75) is 116 Å². The molecular formula is C22H41F2O6P. The summed E-state index contributed by atoms with van der Waals surface area (Å²) < 4.78 is 44.7. The molecule has 0 heterocycles. The van der Waals surface area contributed by atoms with E-state index in [4.69, 9.17) is 14.5 Å². The fourth-order valence-corrected chi connectivity index (χ4v) is 3.47. The summed E-state index contributed by atoms with van der Waals surface area (Å²) in [5.74, 6) is -0.655. The van der Waals surface area contributed by atoms with Crippen LogP contribution in [0.15, 0.2) is 12.2 Å². The van der Waals surface area contributed by atoms with Crippen LogP contribution in [0, 0.1) is 0 Å². The van der Waals surface area contributed by atoms with Crippen LogP contribution in [0.25, 0.3) is 0 Å². The molecule has 0 unspecified atom stereocenters. The number of carbonyl (C=O) groups is 1. The number of ether oxygens (including phenoxy) is 1. The molecule has 1 atom stereocenters. The monoisotopic (exact) mass is 470 g/mol. The smallest absolute Gasteiger partial charge is 0.460 e. The largest absolute Gasteiger partial charge is 0.469 e. The second-order valence-electron chi connectivity index (χ2n) is 7.86. The lowest BCUT2D eigenvalue weighted by atomic mass is 10.1. The molecule has 31 heavy (non-hydrogen) atoms. The molecule has 0 radical (unpaired) electrons. The molecule has 0 saturated heterocycles. The molecule has 0 spiro atoms. The SMILES string of the molecule is CCCCCCCC/C=C\CCCCCCCC(=O)O[C@@H](COP(=O)(O)O)CC(F)F. The maximum atomic E-state index is 12.5. The van der Waals surface area contributed by atoms with Gasteiger partial charge in [-0.3, -0.25) is 9.32 Å². The number of phosphoric acid groups is 1. The Morgan fingerprint density at radius 1 is 0.903 bits per heavy atom. The van der Waals surface area contributed by atoms with Gasteiger partial charge in [-0.25, -0.2) is 13.3 Å². The van der Waals surface area contributed by atoms with Crippen molar-refractivity contribution in [3.8, 4) is 0 Å². The highest BCUT2D eigenvalue weighted by atomic mass is 31.2. The first-order valence-electron chi connectivity index (χ1n) is 11.6. The molecule has 0 bridgehead atoms. The second kappa shape index (κ2) is 19.8. The number of alkyl halides is 2. The Morgan fingerprint density at radius 3 is 1.94 bits per heavy atom. The number of hydrogen-bond acceptors (Lipinski definition) is 4. The van der Waals surface area contributed by atoms with Crippen molar-refractivity contribution in [1.29, 1.82) is 0 Å². The van der Waals surface area contributed by atoms with Crippen molar-refractivity contribution in [2.75, 3.05) is 6.61 Å². The van der Waals surface area contributed by atoms with E-state index in [-0.39, 0.29) is 6.42 Å². The first kappa shape index (κ1) is 30.2. The summed E-state index contributed by atoms with van der Waals surface area (Å²) in [5, 5.41) is 0. The highest BCUT2D eigenvalue weighted by Crippen LogP contribution is 2.36. The van der Waals surface area contributed by atoms with Gasteiger partial charge in [-0.2, -0.15) is 0 Å². The fourth-order valence-electron chi connectivity index (χ4n) is 3.11. The number of carbonyl (C=O) groups excluding carboxylic acids is 1. The lowest BCUT2D eigenvalue weighted by Crippen LogP contribution is -2.25. The predicted molar refractivity (Wildman–Crippen MR) is 118 cm³/mol. The van der Waals surface area contributed by atoms with Gasteiger partial charge < -0.3 is 14.5 Å². The van der Waals surface area contributed by atoms with Crippen LogP contribution in [0.5, 0.6) is 0 Å². The number of unbranched alkanes of at least 4 members (excludes halogenated alkanes) is 11. The van der Waals surface area contributed by atoms with Gasteiger partial charge in [-0.15, -0.1) is 0 Å². The molecule has 0 aliphatic carbocycles. The zero-order valence-corrected chi connectivity index (χ0v) is 19.7. The van der Waals surface area contributed by atoms with Gasteiger partial charge in [-0.05, 0) is 32.1 Å². The number of esters is 1. The Kier molecular flexibility index (Phi) is 19.3. The highest BCUT2D eigenvalue weighted by molar-refractivity contribution is 7.46. The fraction of sp³-hybridized carbons (Fsp3) is 0.864. The third-order valence-electron chi connectivity index (χ3n) is 4.81. The van der Waals surface area contributed by atoms with Crippen molar-refractivity contribution < 1.29 is 37.2 Å². The van der Waals surface area contributed by atoms with E-state index in [9.17, 15) is 18.1 Å². The summed E-state index contributed by atoms with van der Waals surface area (Å²) >= 11 is 0. The van der Waals surface area contributed by atoms with E-state index in [2.05, 4.69) is 23.6 Å². The van der Waals surface area contributed by atoms with Gasteiger partial charge >= 0.3 is 13.8 Å². The maximum Gasteiger partial charge on any atom is 0.469 e. The van der Waals surface area contributed by atoms with E-state index in [1.54, 1.807) is 0 Å². The Balaban J connectivity index is 3.68. The van der Waals surface area contributed by atoms with Crippen LogP contribution in [0.4, 0.5) is 8.78 Å². The molecule has 0 saturated carbocycles. The van der Waals surface area contributed by atoms with Crippen LogP contribution < -0.4 is 0 Å². The van der Waals surface area contributed by atoms with Gasteiger partial charge in [0, 0.05) is 12.8 Å². The van der Waals surface area contributed by atoms with Gasteiger partial charge in [0.25, 0.3) is 0 Å². The second-order valence-corrected chi connectivity index (χ2v) is 9.10. The average molecular weight is 471 g/mol. The van der Waals surface area contributed by atoms with Crippen LogP contribution in [-0.4, -0.2) is 34.9 Å². The lowest BCUT2D eigenvalue weighted by Gasteiger charge is -2.18. The van der Waals surface area contributed by atoms with Crippen LogP contribution in [0.1, 0.15) is 103 Å². The zero-order chi connectivity index (χ0) is 23.4. The number of hydrogen-bond donors (Lipinski definition) is 2. The van der Waals surface area contributed by atoms with E-state index in [0.717, 1.165) is 38.5 Å². The molecule has 0 aliphatic rings. The highest BCUT2D eigenvalue weighted by Gasteiger charge is 2.24. The summed E-state index contributed by atoms with van der Waals surface area (Å²) in [5.41, 5.74) is 0. The first-order chi connectivity index (χ1) is 14.7. The number of phosphoric ester groups is 1. The number of allylic oxidation sites excluding steroid dienone is 2. The van der Waals surface area contributed by atoms with Crippen LogP contribution in [-0.2, 0) is 18.6 Å². The van der Waals surface area contributed by atoms with E-state index in [0.29, 0.717) is 6.42 Å². The molecule has 0 amide bonds. The quantitative estimate of drug-likeness (QED) is 0.0839. The Labute approximate surface area is 186 Å². The van der Waals surface area contributed by atoms with Gasteiger partial charge in [0.05, 0.1) is 6.61 Å². The molecule has 9 heteroatoms. The minimum atomic E-state index is -4.80. The molecule has 0 fully saturated rings. The number of halogens is 2. The molecule has 0 aliphatic heterocycles.